The molecule has 0 heterocycles. The average molecular weight is 341 g/mol. The van der Waals surface area contributed by atoms with Crippen LogP contribution in [0, 0.1) is 5.82 Å². The standard InChI is InChI=1S/C15H14ClFN2O2S/c1-20-10-4-6-14(21-2)13(8-10)19-15(22)18-12-5-3-9(16)7-11(12)17/h3-8H,1-2H3,(H2,18,19,22). The van der Waals surface area contributed by atoms with Crippen LogP contribution in [0.3, 0.4) is 0 Å². The van der Waals surface area contributed by atoms with Gasteiger partial charge in [0.05, 0.1) is 25.6 Å². The molecule has 0 saturated carbocycles. The zero-order valence-electron chi connectivity index (χ0n) is 11.9. The zero-order chi connectivity index (χ0) is 16.1. The van der Waals surface area contributed by atoms with Crippen LogP contribution < -0.4 is 20.1 Å². The quantitative estimate of drug-likeness (QED) is 0.812. The number of nitrogens with one attached hydrogen (secondary N) is 2. The smallest absolute Gasteiger partial charge is 0.175 e. The molecule has 2 rings (SSSR count). The molecule has 2 N–H and O–H groups in total. The Kier molecular flexibility index (Phi) is 5.41. The van der Waals surface area contributed by atoms with E-state index >= 15 is 0 Å². The van der Waals surface area contributed by atoms with E-state index in [1.807, 2.05) is 0 Å². The number of thiocarbonyl (C=S) groups is 1. The van der Waals surface area contributed by atoms with Crippen molar-refractivity contribution in [3.63, 3.8) is 0 Å². The highest BCUT2D eigenvalue weighted by atomic mass is 35.5. The van der Waals surface area contributed by atoms with Gasteiger partial charge in [-0.15, -0.1) is 0 Å². The number of hydrogen-bond donors (Lipinski definition) is 2. The van der Waals surface area contributed by atoms with Gasteiger partial charge in [0, 0.05) is 11.1 Å². The average Bonchev–Trinajstić information content (AvgIpc) is 2.50. The highest BCUT2D eigenvalue weighted by molar-refractivity contribution is 7.80. The van der Waals surface area contributed by atoms with E-state index in [-0.39, 0.29) is 10.8 Å². The second kappa shape index (κ2) is 7.29. The topological polar surface area (TPSA) is 42.5 Å². The van der Waals surface area contributed by atoms with E-state index < -0.39 is 5.82 Å². The van der Waals surface area contributed by atoms with Crippen molar-refractivity contribution in [2.45, 2.75) is 0 Å². The normalized spacial score (nSPS) is 10.0. The summed E-state index contributed by atoms with van der Waals surface area (Å²) in [5.41, 5.74) is 0.831. The van der Waals surface area contributed by atoms with E-state index in [9.17, 15) is 4.39 Å². The lowest BCUT2D eigenvalue weighted by Gasteiger charge is -2.14. The third-order valence-electron chi connectivity index (χ3n) is 2.83. The molecule has 2 aromatic carbocycles. The molecule has 4 nitrogen and oxygen atoms in total. The molecule has 2 aromatic rings. The van der Waals surface area contributed by atoms with E-state index in [1.165, 1.54) is 12.1 Å². The van der Waals surface area contributed by atoms with Crippen LogP contribution in [-0.2, 0) is 0 Å². The monoisotopic (exact) mass is 340 g/mol. The van der Waals surface area contributed by atoms with Gasteiger partial charge in [0.1, 0.15) is 17.3 Å². The van der Waals surface area contributed by atoms with Gasteiger partial charge in [-0.25, -0.2) is 4.39 Å². The molecular formula is C15H14ClFN2O2S. The van der Waals surface area contributed by atoms with E-state index in [0.29, 0.717) is 22.2 Å². The molecule has 0 atom stereocenters. The van der Waals surface area contributed by atoms with E-state index in [2.05, 4.69) is 10.6 Å². The summed E-state index contributed by atoms with van der Waals surface area (Å²) >= 11 is 10.9. The Hall–Kier alpha value is -2.05. The summed E-state index contributed by atoms with van der Waals surface area (Å²) in [5.74, 6) is 0.736. The molecule has 0 aliphatic carbocycles. The van der Waals surface area contributed by atoms with Crippen LogP contribution in [0.25, 0.3) is 0 Å². The van der Waals surface area contributed by atoms with Gasteiger partial charge in [0.2, 0.25) is 0 Å². The van der Waals surface area contributed by atoms with Gasteiger partial charge in [-0.2, -0.15) is 0 Å². The fraction of sp³-hybridized carbons (Fsp3) is 0.133. The summed E-state index contributed by atoms with van der Waals surface area (Å²) in [7, 11) is 3.10. The van der Waals surface area contributed by atoms with Crippen molar-refractivity contribution < 1.29 is 13.9 Å². The van der Waals surface area contributed by atoms with Gasteiger partial charge in [-0.3, -0.25) is 0 Å². The molecule has 0 fully saturated rings. The highest BCUT2D eigenvalue weighted by Gasteiger charge is 2.09. The molecule has 0 aromatic heterocycles. The minimum Gasteiger partial charge on any atom is -0.497 e. The van der Waals surface area contributed by atoms with E-state index in [1.54, 1.807) is 38.5 Å². The Balaban J connectivity index is 2.14. The predicted molar refractivity (Wildman–Crippen MR) is 90.8 cm³/mol. The highest BCUT2D eigenvalue weighted by Crippen LogP contribution is 2.29. The van der Waals surface area contributed by atoms with Gasteiger partial charge in [-0.05, 0) is 42.5 Å². The first kappa shape index (κ1) is 16.3. The second-order valence-corrected chi connectivity index (χ2v) is 5.11. The van der Waals surface area contributed by atoms with Gasteiger partial charge in [0.25, 0.3) is 0 Å². The van der Waals surface area contributed by atoms with Crippen LogP contribution in [0.1, 0.15) is 0 Å². The van der Waals surface area contributed by atoms with Crippen molar-refractivity contribution in [1.82, 2.24) is 0 Å². The first-order valence-electron chi connectivity index (χ1n) is 6.28. The third kappa shape index (κ3) is 3.99. The van der Waals surface area contributed by atoms with Crippen LogP contribution >= 0.6 is 23.8 Å². The van der Waals surface area contributed by atoms with Crippen molar-refractivity contribution in [2.24, 2.45) is 0 Å². The molecule has 7 heteroatoms. The van der Waals surface area contributed by atoms with Crippen molar-refractivity contribution in [3.8, 4) is 11.5 Å². The summed E-state index contributed by atoms with van der Waals surface area (Å²) < 4.78 is 24.1. The molecule has 22 heavy (non-hydrogen) atoms. The Labute approximate surface area is 138 Å². The zero-order valence-corrected chi connectivity index (χ0v) is 13.5. The Morgan fingerprint density at radius 2 is 1.77 bits per heavy atom. The number of anilines is 2. The largest absolute Gasteiger partial charge is 0.497 e. The third-order valence-corrected chi connectivity index (χ3v) is 3.27. The Bertz CT molecular complexity index is 697. The second-order valence-electron chi connectivity index (χ2n) is 4.27. The van der Waals surface area contributed by atoms with Crippen molar-refractivity contribution in [2.75, 3.05) is 24.9 Å². The lowest BCUT2D eigenvalue weighted by molar-refractivity contribution is 0.405. The Morgan fingerprint density at radius 3 is 2.41 bits per heavy atom. The van der Waals surface area contributed by atoms with Crippen molar-refractivity contribution in [1.29, 1.82) is 0 Å². The van der Waals surface area contributed by atoms with Gasteiger partial charge in [0.15, 0.2) is 5.11 Å². The van der Waals surface area contributed by atoms with Gasteiger partial charge >= 0.3 is 0 Å². The van der Waals surface area contributed by atoms with Crippen molar-refractivity contribution in [3.05, 3.63) is 47.2 Å². The molecule has 0 aliphatic heterocycles. The molecule has 0 saturated heterocycles. The molecule has 0 spiro atoms. The molecule has 0 radical (unpaired) electrons. The predicted octanol–water partition coefficient (Wildman–Crippen LogP) is 4.31. The van der Waals surface area contributed by atoms with Gasteiger partial charge in [-0.1, -0.05) is 11.6 Å². The van der Waals surface area contributed by atoms with Crippen LogP contribution in [0.4, 0.5) is 15.8 Å². The van der Waals surface area contributed by atoms with Crippen LogP contribution in [0.15, 0.2) is 36.4 Å². The summed E-state index contributed by atoms with van der Waals surface area (Å²) in [4.78, 5) is 0. The number of benzene rings is 2. The molecule has 0 unspecified atom stereocenters. The number of hydrogen-bond acceptors (Lipinski definition) is 3. The van der Waals surface area contributed by atoms with E-state index in [4.69, 9.17) is 33.3 Å². The summed E-state index contributed by atoms with van der Waals surface area (Å²) in [5, 5.41) is 6.24. The van der Waals surface area contributed by atoms with Crippen molar-refractivity contribution >= 4 is 40.3 Å². The maximum Gasteiger partial charge on any atom is 0.175 e. The summed E-state index contributed by atoms with van der Waals surface area (Å²) in [6, 6.07) is 9.52. The molecular weight excluding hydrogens is 327 g/mol. The summed E-state index contributed by atoms with van der Waals surface area (Å²) in [6.07, 6.45) is 0. The number of methoxy groups -OCH3 is 2. The minimum atomic E-state index is -0.491. The first-order chi connectivity index (χ1) is 10.5. The lowest BCUT2D eigenvalue weighted by Crippen LogP contribution is -2.20. The number of halogens is 2. The molecule has 0 bridgehead atoms. The van der Waals surface area contributed by atoms with Crippen LogP contribution in [-0.4, -0.2) is 19.3 Å². The maximum atomic E-state index is 13.7. The first-order valence-corrected chi connectivity index (χ1v) is 7.07. The molecule has 0 amide bonds. The minimum absolute atomic E-state index is 0.216. The molecule has 116 valence electrons. The fourth-order valence-corrected chi connectivity index (χ4v) is 2.16. The SMILES string of the molecule is COc1ccc(OC)c(NC(=S)Nc2ccc(Cl)cc2F)c1. The maximum absolute atomic E-state index is 13.7. The number of ether oxygens (including phenoxy) is 2. The fourth-order valence-electron chi connectivity index (χ4n) is 1.78. The van der Waals surface area contributed by atoms with Crippen LogP contribution in [0.5, 0.6) is 11.5 Å². The lowest BCUT2D eigenvalue weighted by atomic mass is 10.2. The van der Waals surface area contributed by atoms with Gasteiger partial charge < -0.3 is 20.1 Å². The Morgan fingerprint density at radius 1 is 1.05 bits per heavy atom. The number of rotatable bonds is 4. The van der Waals surface area contributed by atoms with Crippen LogP contribution in [0.2, 0.25) is 5.02 Å². The van der Waals surface area contributed by atoms with E-state index in [0.717, 1.165) is 0 Å². The molecule has 0 aliphatic rings. The summed E-state index contributed by atoms with van der Waals surface area (Å²) in [6.45, 7) is 0.